The summed E-state index contributed by atoms with van der Waals surface area (Å²) in [5.41, 5.74) is 2.32. The van der Waals surface area contributed by atoms with E-state index >= 15 is 0 Å². The Labute approximate surface area is 248 Å². The molecule has 2 aliphatic rings. The van der Waals surface area contributed by atoms with Crippen molar-refractivity contribution in [2.24, 2.45) is 0 Å². The molecule has 43 heavy (non-hydrogen) atoms. The monoisotopic (exact) mass is 575 g/mol. The summed E-state index contributed by atoms with van der Waals surface area (Å²) in [7, 11) is 0. The van der Waals surface area contributed by atoms with Crippen LogP contribution in [0, 0.1) is 0 Å². The van der Waals surface area contributed by atoms with Crippen molar-refractivity contribution in [3.8, 4) is 0 Å². The second-order valence-corrected chi connectivity index (χ2v) is 10.2. The van der Waals surface area contributed by atoms with Crippen molar-refractivity contribution in [3.05, 3.63) is 96.3 Å². The van der Waals surface area contributed by atoms with Gasteiger partial charge in [-0.25, -0.2) is 9.97 Å². The fourth-order valence-corrected chi connectivity index (χ4v) is 5.30. The van der Waals surface area contributed by atoms with Gasteiger partial charge in [0.1, 0.15) is 0 Å². The summed E-state index contributed by atoms with van der Waals surface area (Å²) in [4.78, 5) is 67.8. The molecular formula is C32H29N7O4. The molecule has 0 unspecified atom stereocenters. The Hall–Kier alpha value is -5.42. The molecule has 11 heteroatoms. The van der Waals surface area contributed by atoms with E-state index in [0.717, 1.165) is 12.8 Å². The SMILES string of the molecule is CCCCN(CC(=O)N1c2ccccc2C(=O)Nc2cccnc21)CC(=O)N1c2ccccc2C(=O)Nc2cccnc21. The summed E-state index contributed by atoms with van der Waals surface area (Å²) < 4.78 is 0. The van der Waals surface area contributed by atoms with Crippen LogP contribution in [0.3, 0.4) is 0 Å². The third-order valence-electron chi connectivity index (χ3n) is 7.32. The maximum atomic E-state index is 14.1. The number of unbranched alkanes of at least 4 members (excludes halogenated alkanes) is 1. The zero-order valence-electron chi connectivity index (χ0n) is 23.5. The summed E-state index contributed by atoms with van der Waals surface area (Å²) in [5, 5.41) is 5.69. The Kier molecular flexibility index (Phi) is 7.63. The molecule has 2 aliphatic heterocycles. The van der Waals surface area contributed by atoms with E-state index in [1.165, 1.54) is 9.80 Å². The highest BCUT2D eigenvalue weighted by molar-refractivity contribution is 6.18. The molecule has 0 spiro atoms. The Bertz CT molecular complexity index is 1620. The lowest BCUT2D eigenvalue weighted by atomic mass is 10.1. The summed E-state index contributed by atoms with van der Waals surface area (Å²) >= 11 is 0. The third kappa shape index (κ3) is 5.33. The molecule has 216 valence electrons. The molecule has 6 rings (SSSR count). The Morgan fingerprint density at radius 2 is 1.16 bits per heavy atom. The predicted octanol–water partition coefficient (Wildman–Crippen LogP) is 4.74. The molecule has 0 atom stereocenters. The average Bonchev–Trinajstić information content (AvgIpc) is 3.23. The van der Waals surface area contributed by atoms with Crippen LogP contribution in [0.2, 0.25) is 0 Å². The zero-order valence-corrected chi connectivity index (χ0v) is 23.5. The molecule has 4 heterocycles. The highest BCUT2D eigenvalue weighted by Crippen LogP contribution is 2.38. The van der Waals surface area contributed by atoms with Crippen LogP contribution in [-0.2, 0) is 9.59 Å². The molecule has 2 aromatic heterocycles. The second-order valence-electron chi connectivity index (χ2n) is 10.2. The van der Waals surface area contributed by atoms with Gasteiger partial charge in [-0.05, 0) is 61.5 Å². The number of rotatable bonds is 7. The van der Waals surface area contributed by atoms with E-state index in [2.05, 4.69) is 20.6 Å². The van der Waals surface area contributed by atoms with Crippen molar-refractivity contribution < 1.29 is 19.2 Å². The van der Waals surface area contributed by atoms with Crippen LogP contribution in [0.15, 0.2) is 85.2 Å². The van der Waals surface area contributed by atoms with Crippen molar-refractivity contribution >= 4 is 58.0 Å². The van der Waals surface area contributed by atoms with Gasteiger partial charge < -0.3 is 10.6 Å². The van der Waals surface area contributed by atoms with E-state index in [4.69, 9.17) is 0 Å². The number of carbonyl (C=O) groups excluding carboxylic acids is 4. The number of anilines is 6. The van der Waals surface area contributed by atoms with Gasteiger partial charge >= 0.3 is 0 Å². The summed E-state index contributed by atoms with van der Waals surface area (Å²) in [6.45, 7) is 2.27. The minimum Gasteiger partial charge on any atom is -0.319 e. The first-order valence-electron chi connectivity index (χ1n) is 14.1. The van der Waals surface area contributed by atoms with E-state index in [1.807, 2.05) is 6.92 Å². The lowest BCUT2D eigenvalue weighted by Crippen LogP contribution is -2.44. The van der Waals surface area contributed by atoms with Gasteiger partial charge in [0, 0.05) is 12.4 Å². The molecule has 0 fully saturated rings. The summed E-state index contributed by atoms with van der Waals surface area (Å²) in [6, 6.07) is 20.5. The molecule has 11 nitrogen and oxygen atoms in total. The lowest BCUT2D eigenvalue weighted by molar-refractivity contribution is -0.121. The number of pyridine rings is 2. The van der Waals surface area contributed by atoms with Crippen molar-refractivity contribution in [1.29, 1.82) is 0 Å². The maximum absolute atomic E-state index is 14.1. The van der Waals surface area contributed by atoms with Crippen LogP contribution >= 0.6 is 0 Å². The number of aromatic nitrogens is 2. The van der Waals surface area contributed by atoms with Gasteiger partial charge in [0.15, 0.2) is 11.6 Å². The van der Waals surface area contributed by atoms with Gasteiger partial charge in [-0.2, -0.15) is 0 Å². The fraction of sp³-hybridized carbons (Fsp3) is 0.188. The van der Waals surface area contributed by atoms with E-state index in [0.29, 0.717) is 52.1 Å². The van der Waals surface area contributed by atoms with E-state index in [9.17, 15) is 19.2 Å². The number of nitrogens with one attached hydrogen (secondary N) is 2. The van der Waals surface area contributed by atoms with Crippen LogP contribution in [0.1, 0.15) is 40.5 Å². The van der Waals surface area contributed by atoms with Crippen LogP contribution in [0.25, 0.3) is 0 Å². The zero-order chi connectivity index (χ0) is 29.9. The summed E-state index contributed by atoms with van der Waals surface area (Å²) in [6.07, 6.45) is 4.73. The standard InChI is InChI=1S/C32H29N7O4/c1-2-3-18-37(19-27(40)38-25-14-6-4-10-21(25)31(42)35-23-12-8-16-33-29(23)38)20-28(41)39-26-15-7-5-11-22(26)32(43)36-24-13-9-17-34-30(24)39/h4-17H,2-3,18-20H2,1H3,(H,35,42)(H,36,43). The second kappa shape index (κ2) is 11.8. The first kappa shape index (κ1) is 27.7. The van der Waals surface area contributed by atoms with Crippen molar-refractivity contribution in [2.45, 2.75) is 19.8 Å². The normalized spacial score (nSPS) is 13.5. The topological polar surface area (TPSA) is 128 Å². The van der Waals surface area contributed by atoms with Crippen molar-refractivity contribution in [3.63, 3.8) is 0 Å². The highest BCUT2D eigenvalue weighted by Gasteiger charge is 2.34. The first-order valence-corrected chi connectivity index (χ1v) is 14.1. The number of fused-ring (bicyclic) bond motifs is 4. The minimum absolute atomic E-state index is 0.119. The quantitative estimate of drug-likeness (QED) is 0.326. The van der Waals surface area contributed by atoms with Crippen molar-refractivity contribution in [2.75, 3.05) is 40.1 Å². The third-order valence-corrected chi connectivity index (χ3v) is 7.32. The van der Waals surface area contributed by atoms with Gasteiger partial charge in [-0.3, -0.25) is 33.9 Å². The number of nitrogens with zero attached hydrogens (tertiary/aromatic N) is 5. The number of hydrogen-bond acceptors (Lipinski definition) is 7. The number of benzene rings is 2. The van der Waals surface area contributed by atoms with E-state index < -0.39 is 0 Å². The molecule has 4 aromatic rings. The first-order chi connectivity index (χ1) is 21.0. The molecule has 0 radical (unpaired) electrons. The molecule has 0 saturated heterocycles. The Morgan fingerprint density at radius 1 is 0.698 bits per heavy atom. The predicted molar refractivity (Wildman–Crippen MR) is 163 cm³/mol. The summed E-state index contributed by atoms with van der Waals surface area (Å²) in [5.74, 6) is -0.771. The fourth-order valence-electron chi connectivity index (χ4n) is 5.30. The van der Waals surface area contributed by atoms with Gasteiger partial charge in [-0.15, -0.1) is 0 Å². The molecule has 2 aromatic carbocycles. The number of carbonyl (C=O) groups is 4. The molecule has 0 saturated carbocycles. The number of amides is 4. The minimum atomic E-state index is -0.348. The number of hydrogen-bond donors (Lipinski definition) is 2. The van der Waals surface area contributed by atoms with Crippen LogP contribution in [0.4, 0.5) is 34.4 Å². The smallest absolute Gasteiger partial charge is 0.257 e. The van der Waals surface area contributed by atoms with Gasteiger partial charge in [0.05, 0.1) is 47.0 Å². The Morgan fingerprint density at radius 3 is 1.63 bits per heavy atom. The van der Waals surface area contributed by atoms with Gasteiger partial charge in [0.2, 0.25) is 11.8 Å². The van der Waals surface area contributed by atoms with Crippen LogP contribution in [0.5, 0.6) is 0 Å². The molecule has 4 amide bonds. The Balaban J connectivity index is 1.34. The van der Waals surface area contributed by atoms with Gasteiger partial charge in [-0.1, -0.05) is 37.6 Å². The molecule has 2 N–H and O–H groups in total. The lowest BCUT2D eigenvalue weighted by Gasteiger charge is -2.29. The van der Waals surface area contributed by atoms with E-state index in [1.54, 1.807) is 90.1 Å². The largest absolute Gasteiger partial charge is 0.319 e. The van der Waals surface area contributed by atoms with E-state index in [-0.39, 0.29) is 36.7 Å². The van der Waals surface area contributed by atoms with Crippen molar-refractivity contribution in [1.82, 2.24) is 14.9 Å². The maximum Gasteiger partial charge on any atom is 0.257 e. The molecule has 0 aliphatic carbocycles. The van der Waals surface area contributed by atoms with Crippen LogP contribution in [-0.4, -0.2) is 58.1 Å². The highest BCUT2D eigenvalue weighted by atomic mass is 16.2. The van der Waals surface area contributed by atoms with Gasteiger partial charge in [0.25, 0.3) is 11.8 Å². The van der Waals surface area contributed by atoms with Crippen LogP contribution < -0.4 is 20.4 Å². The number of para-hydroxylation sites is 2. The molecule has 0 bridgehead atoms. The average molecular weight is 576 g/mol. The molecular weight excluding hydrogens is 546 g/mol.